The van der Waals surface area contributed by atoms with Gasteiger partial charge in [0.1, 0.15) is 62.3 Å². The van der Waals surface area contributed by atoms with Crippen molar-refractivity contribution in [3.05, 3.63) is 262 Å². The van der Waals surface area contributed by atoms with Crippen molar-refractivity contribution in [1.82, 2.24) is 51.9 Å². The molecule has 0 saturated heterocycles. The summed E-state index contributed by atoms with van der Waals surface area (Å²) in [6.07, 6.45) is 17.8. The van der Waals surface area contributed by atoms with E-state index in [2.05, 4.69) is 98.3 Å². The fraction of sp³-hybridized carbons (Fsp3) is 0.0893. The number of ether oxygens (including phenoxy) is 1. The largest absolute Gasteiger partial charge is 0.480 e. The highest BCUT2D eigenvalue weighted by atomic mass is 79.9. The van der Waals surface area contributed by atoms with Crippen molar-refractivity contribution in [1.29, 1.82) is 0 Å². The number of methoxy groups -OCH3 is 1. The van der Waals surface area contributed by atoms with Gasteiger partial charge in [0.25, 0.3) is 32.3 Å². The maximum Gasteiger partial charge on any atom is 0.352 e. The SMILES string of the molecule is CCc1cnc2ccc(-c3cnc(OC)c(NS(=O)(=O)c4ccc(F)cc4F)c3)cn2c1=O.CCc1cnc2ccc(Br)cn2c1=O.Nc1cnc2ccc(Br)cn2c1=O.O=c1c([N+](=O)[O-])cnc2ccc(Br)cn12.O=c1ccnc2ccc(Br)cn12. The number of nitrogens with zero attached hydrogens (tertiary/aromatic N) is 12. The molecule has 3 N–H and O–H groups in total. The fourth-order valence-electron chi connectivity index (χ4n) is 7.84. The number of fused-ring (bicyclic) bond motifs is 5. The van der Waals surface area contributed by atoms with Crippen molar-refractivity contribution in [2.45, 2.75) is 31.6 Å². The van der Waals surface area contributed by atoms with Crippen molar-refractivity contribution in [3.8, 4) is 17.0 Å². The number of pyridine rings is 6. The van der Waals surface area contributed by atoms with Gasteiger partial charge in [0.15, 0.2) is 0 Å². The molecule has 0 aliphatic carbocycles. The Bertz CT molecular complexity index is 5070. The van der Waals surface area contributed by atoms with Crippen molar-refractivity contribution in [2.75, 3.05) is 17.6 Å². The molecule has 11 heterocycles. The quantitative estimate of drug-likeness (QED) is 0.106. The molecule has 0 bridgehead atoms. The number of nitrogens with two attached hydrogens (primary N) is 1. The third-order valence-corrected chi connectivity index (χ3v) is 15.4. The molecule has 1 aromatic carbocycles. The Labute approximate surface area is 522 Å². The number of sulfonamides is 1. The molecule has 0 spiro atoms. The lowest BCUT2D eigenvalue weighted by atomic mass is 10.1. The third kappa shape index (κ3) is 15.0. The molecule has 0 atom stereocenters. The van der Waals surface area contributed by atoms with Crippen LogP contribution in [0.3, 0.4) is 0 Å². The van der Waals surface area contributed by atoms with E-state index in [0.29, 0.717) is 68.3 Å². The van der Waals surface area contributed by atoms with Gasteiger partial charge in [-0.05, 0) is 155 Å². The minimum Gasteiger partial charge on any atom is -0.480 e. The van der Waals surface area contributed by atoms with Crippen LogP contribution in [0.5, 0.6) is 5.88 Å². The summed E-state index contributed by atoms with van der Waals surface area (Å²) in [7, 11) is -3.12. The number of aromatic nitrogens is 11. The molecule has 0 fully saturated rings. The Hall–Kier alpha value is -9.30. The van der Waals surface area contributed by atoms with Gasteiger partial charge in [-0.15, -0.1) is 0 Å². The van der Waals surface area contributed by atoms with Gasteiger partial charge in [0, 0.05) is 108 Å². The van der Waals surface area contributed by atoms with Crippen LogP contribution in [0.25, 0.3) is 39.4 Å². The van der Waals surface area contributed by atoms with Crippen LogP contribution in [0, 0.1) is 21.7 Å². The van der Waals surface area contributed by atoms with Crippen molar-refractivity contribution < 1.29 is 26.9 Å². The number of anilines is 2. The van der Waals surface area contributed by atoms with Gasteiger partial charge in [0.05, 0.1) is 18.2 Å². The standard InChI is InChI=1S/C22H18F2N4O4S.C10H9BrN2O.C8H4BrN3O3.C8H6BrN3O.C8H5BrN2O/c1-3-13-10-25-20-7-4-14(12-28(20)22(13)29)15-8-18(21(32-2)26-11-15)27-33(30,31)19-6-5-16(23)9-17(19)24;1-2-7-5-12-9-4-3-8(11)6-13(9)10(7)14;9-5-1-2-7-10-3-6(12(14)15)8(13)11(7)4-5;9-5-1-2-7-11-3-6(10)8(13)12(7)4-5;9-6-1-2-7-10-4-3-8(12)11(7)5-6/h4-12,27H,3H2,1-2H3;3-6H,2H2,1H3;1-4H;1-4H,10H2;1-5H. The highest BCUT2D eigenvalue weighted by Gasteiger charge is 2.23. The Balaban J connectivity index is 0.000000152. The minimum absolute atomic E-state index is 0.0128. The molecule has 12 aromatic rings. The lowest BCUT2D eigenvalue weighted by molar-refractivity contribution is -0.386. The Morgan fingerprint density at radius 2 is 1.03 bits per heavy atom. The predicted molar refractivity (Wildman–Crippen MR) is 335 cm³/mol. The van der Waals surface area contributed by atoms with E-state index >= 15 is 0 Å². The van der Waals surface area contributed by atoms with Gasteiger partial charge in [-0.3, -0.25) is 60.8 Å². The highest BCUT2D eigenvalue weighted by molar-refractivity contribution is 9.11. The Kier molecular flexibility index (Phi) is 20.4. The molecule has 0 amide bonds. The van der Waals surface area contributed by atoms with Gasteiger partial charge in [-0.2, -0.15) is 0 Å². The van der Waals surface area contributed by atoms with E-state index in [9.17, 15) is 51.3 Å². The van der Waals surface area contributed by atoms with Gasteiger partial charge >= 0.3 is 11.2 Å². The normalized spacial score (nSPS) is 10.9. The van der Waals surface area contributed by atoms with E-state index in [0.717, 1.165) is 41.7 Å². The average Bonchev–Trinajstić information content (AvgIpc) is 2.55. The Morgan fingerprint density at radius 3 is 1.55 bits per heavy atom. The number of nitrogens with one attached hydrogen (secondary N) is 1. The first-order valence-electron chi connectivity index (χ1n) is 25.1. The Morgan fingerprint density at radius 1 is 0.563 bits per heavy atom. The number of nitrogen functional groups attached to an aromatic ring is 1. The molecule has 24 nitrogen and oxygen atoms in total. The van der Waals surface area contributed by atoms with Gasteiger partial charge in [-0.25, -0.2) is 47.1 Å². The second-order valence-electron chi connectivity index (χ2n) is 17.8. The number of aryl methyl sites for hydroxylation is 2. The molecule has 0 aliphatic heterocycles. The van der Waals surface area contributed by atoms with Gasteiger partial charge in [0.2, 0.25) is 5.88 Å². The van der Waals surface area contributed by atoms with E-state index in [1.807, 2.05) is 38.1 Å². The van der Waals surface area contributed by atoms with Crippen LogP contribution in [0.1, 0.15) is 25.0 Å². The summed E-state index contributed by atoms with van der Waals surface area (Å²) in [5.41, 5.74) is 8.82. The van der Waals surface area contributed by atoms with E-state index in [1.165, 1.54) is 63.4 Å². The van der Waals surface area contributed by atoms with Crippen LogP contribution in [-0.2, 0) is 22.9 Å². The van der Waals surface area contributed by atoms with Crippen LogP contribution in [0.2, 0.25) is 0 Å². The molecule has 11 aromatic heterocycles. The molecule has 0 saturated carbocycles. The van der Waals surface area contributed by atoms with Crippen LogP contribution in [0.15, 0.2) is 206 Å². The minimum atomic E-state index is -4.42. The first kappa shape index (κ1) is 63.7. The fourth-order valence-corrected chi connectivity index (χ4v) is 10.3. The number of halogens is 6. The lowest BCUT2D eigenvalue weighted by Gasteiger charge is -2.13. The first-order chi connectivity index (χ1) is 41.5. The molecular weight excluding hydrogens is 1420 g/mol. The molecule has 0 unspecified atom stereocenters. The molecule has 0 aliphatic rings. The second kappa shape index (κ2) is 27.8. The molecule has 31 heteroatoms. The van der Waals surface area contributed by atoms with Crippen molar-refractivity contribution >= 4 is 119 Å². The van der Waals surface area contributed by atoms with Crippen LogP contribution in [-0.4, -0.2) is 72.4 Å². The molecule has 0 radical (unpaired) electrons. The summed E-state index contributed by atoms with van der Waals surface area (Å²) < 4.78 is 70.3. The zero-order chi connectivity index (χ0) is 62.9. The lowest BCUT2D eigenvalue weighted by Crippen LogP contribution is -2.18. The topological polar surface area (TPSA) is 309 Å². The monoisotopic (exact) mass is 1460 g/mol. The molecular formula is C56H42Br4F2N14O10S. The number of rotatable bonds is 8. The smallest absolute Gasteiger partial charge is 0.352 e. The number of hydrogen-bond acceptors (Lipinski definition) is 17. The van der Waals surface area contributed by atoms with Crippen LogP contribution in [0.4, 0.5) is 25.8 Å². The summed E-state index contributed by atoms with van der Waals surface area (Å²) in [4.78, 5) is 92.2. The van der Waals surface area contributed by atoms with Gasteiger partial charge < -0.3 is 10.5 Å². The maximum absolute atomic E-state index is 14.1. The third-order valence-electron chi connectivity index (χ3n) is 12.2. The highest BCUT2D eigenvalue weighted by Crippen LogP contribution is 2.31. The summed E-state index contributed by atoms with van der Waals surface area (Å²) in [6.45, 7) is 3.80. The summed E-state index contributed by atoms with van der Waals surface area (Å²) >= 11 is 13.0. The number of benzene rings is 1. The van der Waals surface area contributed by atoms with E-state index in [-0.39, 0.29) is 39.5 Å². The van der Waals surface area contributed by atoms with E-state index < -0.39 is 42.7 Å². The van der Waals surface area contributed by atoms with E-state index in [4.69, 9.17) is 10.5 Å². The molecule has 87 heavy (non-hydrogen) atoms. The zero-order valence-corrected chi connectivity index (χ0v) is 52.3. The second-order valence-corrected chi connectivity index (χ2v) is 23.1. The summed E-state index contributed by atoms with van der Waals surface area (Å²) in [6, 6.07) is 22.5. The predicted octanol–water partition coefficient (Wildman–Crippen LogP) is 9.29. The number of hydrogen-bond donors (Lipinski definition) is 2. The average molecular weight is 1460 g/mol. The molecule has 444 valence electrons. The van der Waals surface area contributed by atoms with Gasteiger partial charge in [-0.1, -0.05) is 13.8 Å². The first-order valence-corrected chi connectivity index (χ1v) is 29.7. The van der Waals surface area contributed by atoms with Crippen LogP contribution < -0.4 is 43.0 Å². The molecule has 12 rings (SSSR count). The van der Waals surface area contributed by atoms with E-state index in [1.54, 1.807) is 71.8 Å². The maximum atomic E-state index is 14.1. The van der Waals surface area contributed by atoms with Crippen molar-refractivity contribution in [3.63, 3.8) is 0 Å². The summed E-state index contributed by atoms with van der Waals surface area (Å²) in [5.74, 6) is -2.20. The van der Waals surface area contributed by atoms with Crippen molar-refractivity contribution in [2.24, 2.45) is 0 Å². The zero-order valence-electron chi connectivity index (χ0n) is 45.1. The number of nitro groups is 1. The van der Waals surface area contributed by atoms with Crippen LogP contribution >= 0.6 is 63.7 Å². The summed E-state index contributed by atoms with van der Waals surface area (Å²) in [5, 5.41) is 10.5.